The molecule has 4 N–H and O–H groups in total. The highest BCUT2D eigenvalue weighted by atomic mass is 19.4. The second-order valence-corrected chi connectivity index (χ2v) is 9.94. The van der Waals surface area contributed by atoms with Crippen molar-refractivity contribution in [3.63, 3.8) is 0 Å². The molecule has 3 aromatic rings. The summed E-state index contributed by atoms with van der Waals surface area (Å²) in [4.78, 5) is 24.0. The van der Waals surface area contributed by atoms with Crippen molar-refractivity contribution >= 4 is 29.4 Å². The number of unbranched alkanes of at least 4 members (excludes halogenated alkanes) is 2. The third-order valence-corrected chi connectivity index (χ3v) is 6.23. The van der Waals surface area contributed by atoms with Crippen LogP contribution < -0.4 is 16.2 Å². The van der Waals surface area contributed by atoms with Gasteiger partial charge >= 0.3 is 24.2 Å². The maximum atomic E-state index is 14.7. The van der Waals surface area contributed by atoms with E-state index < -0.39 is 30.6 Å². The number of aryl methyl sites for hydroxylation is 1. The Labute approximate surface area is 251 Å². The SMILES string of the molecule is Nc1cc(N)cc(C(=O)OCCCOC(=O)C=Cc2ccc(OC(F)(F)c3ccc(CCCCCC(F)(F)F)cc3)cc2)c1. The van der Waals surface area contributed by atoms with Gasteiger partial charge in [0.1, 0.15) is 5.75 Å². The van der Waals surface area contributed by atoms with E-state index in [2.05, 4.69) is 0 Å². The first-order valence-corrected chi connectivity index (χ1v) is 13.8. The largest absolute Gasteiger partial charge is 0.462 e. The van der Waals surface area contributed by atoms with Crippen molar-refractivity contribution in [3.8, 4) is 5.75 Å². The summed E-state index contributed by atoms with van der Waals surface area (Å²) < 4.78 is 81.0. The van der Waals surface area contributed by atoms with Crippen LogP contribution in [-0.2, 0) is 26.8 Å². The first-order chi connectivity index (χ1) is 20.8. The van der Waals surface area contributed by atoms with E-state index in [1.807, 2.05) is 0 Å². The quantitative estimate of drug-likeness (QED) is 0.0597. The van der Waals surface area contributed by atoms with Gasteiger partial charge in [-0.1, -0.05) is 30.7 Å². The van der Waals surface area contributed by atoms with E-state index in [0.717, 1.165) is 5.56 Å². The molecule has 0 saturated carbocycles. The summed E-state index contributed by atoms with van der Waals surface area (Å²) in [7, 11) is 0. The van der Waals surface area contributed by atoms with Gasteiger partial charge in [0.05, 0.1) is 24.3 Å². The van der Waals surface area contributed by atoms with Crippen LogP contribution in [0.3, 0.4) is 0 Å². The van der Waals surface area contributed by atoms with Gasteiger partial charge in [-0.2, -0.15) is 22.0 Å². The number of rotatable bonds is 15. The highest BCUT2D eigenvalue weighted by molar-refractivity contribution is 5.91. The fraction of sp³-hybridized carbons (Fsp3) is 0.312. The Balaban J connectivity index is 1.38. The van der Waals surface area contributed by atoms with Crippen LogP contribution in [0.5, 0.6) is 5.75 Å². The molecule has 3 aromatic carbocycles. The van der Waals surface area contributed by atoms with E-state index >= 15 is 0 Å². The van der Waals surface area contributed by atoms with Crippen molar-refractivity contribution in [1.82, 2.24) is 0 Å². The minimum absolute atomic E-state index is 0.000318. The van der Waals surface area contributed by atoms with Crippen molar-refractivity contribution in [2.24, 2.45) is 0 Å². The van der Waals surface area contributed by atoms with Crippen molar-refractivity contribution in [3.05, 3.63) is 95.1 Å². The van der Waals surface area contributed by atoms with Crippen molar-refractivity contribution < 1.29 is 45.8 Å². The third kappa shape index (κ3) is 11.9. The molecule has 0 aromatic heterocycles. The van der Waals surface area contributed by atoms with Crippen LogP contribution in [0.2, 0.25) is 0 Å². The van der Waals surface area contributed by atoms with Gasteiger partial charge < -0.3 is 25.7 Å². The van der Waals surface area contributed by atoms with E-state index in [1.165, 1.54) is 78.9 Å². The minimum atomic E-state index is -4.17. The number of halogens is 5. The van der Waals surface area contributed by atoms with Crippen molar-refractivity contribution in [2.75, 3.05) is 24.7 Å². The zero-order valence-electron chi connectivity index (χ0n) is 23.7. The zero-order valence-corrected chi connectivity index (χ0v) is 23.7. The fourth-order valence-electron chi connectivity index (χ4n) is 4.04. The number of carbonyl (C=O) groups excluding carboxylic acids is 2. The molecule has 44 heavy (non-hydrogen) atoms. The molecule has 12 heteroatoms. The predicted octanol–water partition coefficient (Wildman–Crippen LogP) is 7.45. The molecule has 0 aliphatic rings. The Kier molecular flexibility index (Phi) is 12.1. The Morgan fingerprint density at radius 2 is 1.39 bits per heavy atom. The lowest BCUT2D eigenvalue weighted by Crippen LogP contribution is -2.21. The van der Waals surface area contributed by atoms with Gasteiger partial charge in [-0.15, -0.1) is 0 Å². The summed E-state index contributed by atoms with van der Waals surface area (Å²) in [5, 5.41) is 0. The van der Waals surface area contributed by atoms with Crippen molar-refractivity contribution in [1.29, 1.82) is 0 Å². The number of ether oxygens (including phenoxy) is 3. The molecule has 0 unspecified atom stereocenters. The van der Waals surface area contributed by atoms with Gasteiger partial charge in [0.2, 0.25) is 0 Å². The molecule has 0 saturated heterocycles. The molecule has 0 aliphatic carbocycles. The molecule has 0 radical (unpaired) electrons. The lowest BCUT2D eigenvalue weighted by molar-refractivity contribution is -0.185. The first-order valence-electron chi connectivity index (χ1n) is 13.8. The zero-order chi connectivity index (χ0) is 32.2. The maximum Gasteiger partial charge on any atom is 0.426 e. The number of anilines is 2. The lowest BCUT2D eigenvalue weighted by atomic mass is 10.0. The summed E-state index contributed by atoms with van der Waals surface area (Å²) in [6, 6.07) is 15.5. The molecule has 0 spiro atoms. The highest BCUT2D eigenvalue weighted by Gasteiger charge is 2.34. The maximum absolute atomic E-state index is 14.7. The normalized spacial score (nSPS) is 11.8. The van der Waals surface area contributed by atoms with Crippen molar-refractivity contribution in [2.45, 2.75) is 50.8 Å². The number of nitrogens with two attached hydrogens (primary N) is 2. The van der Waals surface area contributed by atoms with Gasteiger partial charge in [0, 0.05) is 30.3 Å². The Morgan fingerprint density at radius 1 is 0.750 bits per heavy atom. The van der Waals surface area contributed by atoms with Gasteiger partial charge in [-0.25, -0.2) is 9.59 Å². The highest BCUT2D eigenvalue weighted by Crippen LogP contribution is 2.32. The minimum Gasteiger partial charge on any atom is -0.462 e. The summed E-state index contributed by atoms with van der Waals surface area (Å²) >= 11 is 0. The monoisotopic (exact) mass is 620 g/mol. The van der Waals surface area contributed by atoms with Crippen LogP contribution in [0.1, 0.15) is 59.2 Å². The van der Waals surface area contributed by atoms with Crippen LogP contribution in [0.4, 0.5) is 33.3 Å². The van der Waals surface area contributed by atoms with E-state index in [1.54, 1.807) is 0 Å². The van der Waals surface area contributed by atoms with Gasteiger partial charge in [-0.3, -0.25) is 0 Å². The number of hydrogen-bond donors (Lipinski definition) is 2. The number of esters is 2. The Bertz CT molecular complexity index is 1390. The second-order valence-electron chi connectivity index (χ2n) is 9.94. The number of benzene rings is 3. The van der Waals surface area contributed by atoms with E-state index in [0.29, 0.717) is 36.2 Å². The smallest absolute Gasteiger partial charge is 0.426 e. The summed E-state index contributed by atoms with van der Waals surface area (Å²) in [6.07, 6.45) is -4.29. The molecule has 7 nitrogen and oxygen atoms in total. The lowest BCUT2D eigenvalue weighted by Gasteiger charge is -2.18. The average Bonchev–Trinajstić information content (AvgIpc) is 2.95. The summed E-state index contributed by atoms with van der Waals surface area (Å²) in [5.74, 6) is -1.34. The topological polar surface area (TPSA) is 114 Å². The Morgan fingerprint density at radius 3 is 2.02 bits per heavy atom. The number of hydrogen-bond acceptors (Lipinski definition) is 7. The molecule has 0 fully saturated rings. The second kappa shape index (κ2) is 15.7. The average molecular weight is 621 g/mol. The molecule has 236 valence electrons. The Hall–Kier alpha value is -4.61. The summed E-state index contributed by atoms with van der Waals surface area (Å²) in [5.41, 5.74) is 13.1. The van der Waals surface area contributed by atoms with Crippen LogP contribution in [0, 0.1) is 0 Å². The molecule has 0 heterocycles. The molecule has 0 atom stereocenters. The number of nitrogen functional groups attached to an aromatic ring is 2. The van der Waals surface area contributed by atoms with Gasteiger partial charge in [0.15, 0.2) is 0 Å². The molecule has 0 bridgehead atoms. The molecule has 0 aliphatic heterocycles. The van der Waals surface area contributed by atoms with Gasteiger partial charge in [-0.05, 0) is 78.9 Å². The van der Waals surface area contributed by atoms with E-state index in [9.17, 15) is 31.5 Å². The summed E-state index contributed by atoms with van der Waals surface area (Å²) in [6.45, 7) is 0.00937. The molecule has 0 amide bonds. The molecule has 3 rings (SSSR count). The number of alkyl halides is 5. The van der Waals surface area contributed by atoms with Crippen LogP contribution in [-0.4, -0.2) is 31.3 Å². The van der Waals surface area contributed by atoms with Crippen LogP contribution >= 0.6 is 0 Å². The molecular formula is C32H33F5N2O5. The van der Waals surface area contributed by atoms with E-state index in [4.69, 9.17) is 25.7 Å². The number of carbonyl (C=O) groups is 2. The predicted molar refractivity (Wildman–Crippen MR) is 156 cm³/mol. The van der Waals surface area contributed by atoms with E-state index in [-0.39, 0.29) is 42.9 Å². The first kappa shape index (κ1) is 33.9. The molecular weight excluding hydrogens is 587 g/mol. The van der Waals surface area contributed by atoms with Crippen LogP contribution in [0.25, 0.3) is 6.08 Å². The standard InChI is InChI=1S/C32H33F5N2O5/c33-31(34,35)16-3-1-2-5-22-6-11-25(12-7-22)32(36,37)44-28-13-8-23(9-14-28)10-15-29(40)42-17-4-18-43-30(41)24-19-26(38)21-27(39)20-24/h6-15,19-21H,1-5,16-18,38-39H2. The van der Waals surface area contributed by atoms with Crippen LogP contribution in [0.15, 0.2) is 72.8 Å². The fourth-order valence-corrected chi connectivity index (χ4v) is 4.04. The van der Waals surface area contributed by atoms with Gasteiger partial charge in [0.25, 0.3) is 0 Å². The third-order valence-electron chi connectivity index (χ3n) is 6.23.